The van der Waals surface area contributed by atoms with Crippen LogP contribution in [0.4, 0.5) is 0 Å². The summed E-state index contributed by atoms with van der Waals surface area (Å²) >= 11 is 1.19. The number of hydrogen-bond acceptors (Lipinski definition) is 5. The van der Waals surface area contributed by atoms with Gasteiger partial charge in [-0.1, -0.05) is 12.1 Å². The van der Waals surface area contributed by atoms with Crippen LogP contribution in [0, 0.1) is 0 Å². The lowest BCUT2D eigenvalue weighted by Crippen LogP contribution is -2.24. The Morgan fingerprint density at radius 3 is 2.73 bits per heavy atom. The number of carboxylic acid groups (broad SMARTS) is 1. The molecule has 0 saturated heterocycles. The Morgan fingerprint density at radius 2 is 2.09 bits per heavy atom. The lowest BCUT2D eigenvalue weighted by molar-refractivity contribution is 0.0691. The van der Waals surface area contributed by atoms with Crippen molar-refractivity contribution < 1.29 is 19.4 Å². The predicted molar refractivity (Wildman–Crippen MR) is 82.4 cm³/mol. The zero-order chi connectivity index (χ0) is 16.1. The molecule has 0 bridgehead atoms. The van der Waals surface area contributed by atoms with Gasteiger partial charge in [0.05, 0.1) is 18.2 Å². The molecule has 0 radical (unpaired) electrons. The van der Waals surface area contributed by atoms with E-state index < -0.39 is 5.97 Å². The summed E-state index contributed by atoms with van der Waals surface area (Å²) < 4.78 is 5.60. The molecule has 0 unspecified atom stereocenters. The molecular formula is C15H16N2O4S. The third-order valence-corrected chi connectivity index (χ3v) is 3.51. The Kier molecular flexibility index (Phi) is 5.11. The predicted octanol–water partition coefficient (Wildman–Crippen LogP) is 2.56. The van der Waals surface area contributed by atoms with Crippen LogP contribution in [0.3, 0.4) is 0 Å². The molecule has 1 amide bonds. The number of carboxylic acids is 1. The molecule has 0 fully saturated rings. The molecule has 1 aromatic heterocycles. The van der Waals surface area contributed by atoms with E-state index in [0.29, 0.717) is 16.3 Å². The van der Waals surface area contributed by atoms with E-state index in [4.69, 9.17) is 9.84 Å². The van der Waals surface area contributed by atoms with Gasteiger partial charge in [0.2, 0.25) is 0 Å². The number of benzene rings is 1. The monoisotopic (exact) mass is 320 g/mol. The number of aromatic carboxylic acids is 1. The summed E-state index contributed by atoms with van der Waals surface area (Å²) in [5.74, 6) is -0.854. The number of amides is 1. The minimum Gasteiger partial charge on any atom is -0.490 e. The Hall–Kier alpha value is -2.41. The summed E-state index contributed by atoms with van der Waals surface area (Å²) in [6.07, 6.45) is -0.0361. The first-order chi connectivity index (χ1) is 10.5. The maximum absolute atomic E-state index is 12.2. The quantitative estimate of drug-likeness (QED) is 0.854. The number of rotatable bonds is 6. The van der Waals surface area contributed by atoms with E-state index in [1.54, 1.807) is 24.3 Å². The third kappa shape index (κ3) is 4.05. The first-order valence-corrected chi connectivity index (χ1v) is 7.57. The van der Waals surface area contributed by atoms with E-state index in [2.05, 4.69) is 10.3 Å². The summed E-state index contributed by atoms with van der Waals surface area (Å²) in [6, 6.07) is 6.97. The second-order valence-corrected chi connectivity index (χ2v) is 5.72. The molecule has 0 aliphatic carbocycles. The van der Waals surface area contributed by atoms with Crippen LogP contribution in [-0.2, 0) is 6.54 Å². The van der Waals surface area contributed by atoms with Gasteiger partial charge in [-0.25, -0.2) is 9.78 Å². The van der Waals surface area contributed by atoms with Gasteiger partial charge in [0.1, 0.15) is 10.8 Å². The molecule has 7 heteroatoms. The van der Waals surface area contributed by atoms with Crippen molar-refractivity contribution in [1.82, 2.24) is 10.3 Å². The molecule has 2 aromatic rings. The smallest absolute Gasteiger partial charge is 0.355 e. The number of para-hydroxylation sites is 1. The molecule has 0 spiro atoms. The fourth-order valence-corrected chi connectivity index (χ4v) is 2.46. The highest BCUT2D eigenvalue weighted by molar-refractivity contribution is 7.09. The molecule has 1 aromatic carbocycles. The second kappa shape index (κ2) is 7.04. The Bertz CT molecular complexity index is 682. The van der Waals surface area contributed by atoms with Crippen LogP contribution < -0.4 is 10.1 Å². The van der Waals surface area contributed by atoms with Gasteiger partial charge in [-0.15, -0.1) is 11.3 Å². The Labute approximate surface area is 131 Å². The highest BCUT2D eigenvalue weighted by Gasteiger charge is 2.14. The van der Waals surface area contributed by atoms with Crippen LogP contribution >= 0.6 is 11.3 Å². The number of carbonyl (C=O) groups excluding carboxylic acids is 1. The van der Waals surface area contributed by atoms with Crippen LogP contribution in [0.5, 0.6) is 5.75 Å². The van der Waals surface area contributed by atoms with Gasteiger partial charge in [-0.05, 0) is 26.0 Å². The normalized spacial score (nSPS) is 10.5. The molecule has 116 valence electrons. The number of carbonyl (C=O) groups is 2. The lowest BCUT2D eigenvalue weighted by atomic mass is 10.2. The average Bonchev–Trinajstić information content (AvgIpc) is 2.94. The van der Waals surface area contributed by atoms with Crippen molar-refractivity contribution in [3.8, 4) is 5.75 Å². The average molecular weight is 320 g/mol. The first kappa shape index (κ1) is 16.0. The van der Waals surface area contributed by atoms with Crippen LogP contribution in [0.15, 0.2) is 29.6 Å². The third-order valence-electron chi connectivity index (χ3n) is 2.67. The zero-order valence-electron chi connectivity index (χ0n) is 12.2. The molecular weight excluding hydrogens is 304 g/mol. The first-order valence-electron chi connectivity index (χ1n) is 6.69. The fourth-order valence-electron chi connectivity index (χ4n) is 1.75. The lowest BCUT2D eigenvalue weighted by Gasteiger charge is -2.13. The SMILES string of the molecule is CC(C)Oc1ccccc1C(=O)NCc1nc(C(=O)O)cs1. The van der Waals surface area contributed by atoms with Crippen molar-refractivity contribution in [2.45, 2.75) is 26.5 Å². The number of nitrogens with one attached hydrogen (secondary N) is 1. The van der Waals surface area contributed by atoms with Crippen molar-refractivity contribution >= 4 is 23.2 Å². The number of nitrogens with zero attached hydrogens (tertiary/aromatic N) is 1. The van der Waals surface area contributed by atoms with Crippen LogP contribution in [0.1, 0.15) is 39.7 Å². The van der Waals surface area contributed by atoms with Gasteiger partial charge in [0.25, 0.3) is 5.91 Å². The minimum atomic E-state index is -1.08. The van der Waals surface area contributed by atoms with E-state index in [-0.39, 0.29) is 24.2 Å². The maximum atomic E-state index is 12.2. The second-order valence-electron chi connectivity index (χ2n) is 4.78. The minimum absolute atomic E-state index is 0.0159. The van der Waals surface area contributed by atoms with Gasteiger partial charge in [-0.3, -0.25) is 4.79 Å². The highest BCUT2D eigenvalue weighted by atomic mass is 32.1. The van der Waals surface area contributed by atoms with E-state index in [9.17, 15) is 9.59 Å². The topological polar surface area (TPSA) is 88.5 Å². The standard InChI is InChI=1S/C15H16N2O4S/c1-9(2)21-12-6-4-3-5-10(12)14(18)16-7-13-17-11(8-22-13)15(19)20/h3-6,8-9H,7H2,1-2H3,(H,16,18)(H,19,20). The van der Waals surface area contributed by atoms with Crippen molar-refractivity contribution in [1.29, 1.82) is 0 Å². The van der Waals surface area contributed by atoms with E-state index in [1.807, 2.05) is 13.8 Å². The summed E-state index contributed by atoms with van der Waals surface area (Å²) in [5, 5.41) is 13.5. The molecule has 0 aliphatic rings. The summed E-state index contributed by atoms with van der Waals surface area (Å²) in [5.41, 5.74) is 0.420. The molecule has 6 nitrogen and oxygen atoms in total. The molecule has 2 rings (SSSR count). The van der Waals surface area contributed by atoms with Crippen LogP contribution in [-0.4, -0.2) is 28.1 Å². The molecule has 1 heterocycles. The molecule has 0 atom stereocenters. The summed E-state index contributed by atoms with van der Waals surface area (Å²) in [7, 11) is 0. The van der Waals surface area contributed by atoms with Gasteiger partial charge >= 0.3 is 5.97 Å². The molecule has 2 N–H and O–H groups in total. The van der Waals surface area contributed by atoms with E-state index in [0.717, 1.165) is 0 Å². The highest BCUT2D eigenvalue weighted by Crippen LogP contribution is 2.19. The summed E-state index contributed by atoms with van der Waals surface area (Å²) in [6.45, 7) is 3.95. The van der Waals surface area contributed by atoms with Crippen molar-refractivity contribution in [3.63, 3.8) is 0 Å². The van der Waals surface area contributed by atoms with Crippen molar-refractivity contribution in [3.05, 3.63) is 45.9 Å². The van der Waals surface area contributed by atoms with Gasteiger partial charge < -0.3 is 15.2 Å². The van der Waals surface area contributed by atoms with Gasteiger partial charge in [0.15, 0.2) is 5.69 Å². The van der Waals surface area contributed by atoms with Gasteiger partial charge in [-0.2, -0.15) is 0 Å². The van der Waals surface area contributed by atoms with Crippen molar-refractivity contribution in [2.24, 2.45) is 0 Å². The van der Waals surface area contributed by atoms with Crippen LogP contribution in [0.2, 0.25) is 0 Å². The number of ether oxygens (including phenoxy) is 1. The zero-order valence-corrected chi connectivity index (χ0v) is 13.0. The fraction of sp³-hybridized carbons (Fsp3) is 0.267. The summed E-state index contributed by atoms with van der Waals surface area (Å²) in [4.78, 5) is 26.9. The van der Waals surface area contributed by atoms with E-state index in [1.165, 1.54) is 16.7 Å². The van der Waals surface area contributed by atoms with Crippen LogP contribution in [0.25, 0.3) is 0 Å². The Balaban J connectivity index is 2.04. The number of hydrogen-bond donors (Lipinski definition) is 2. The molecule has 0 aliphatic heterocycles. The number of thiazole rings is 1. The maximum Gasteiger partial charge on any atom is 0.355 e. The largest absolute Gasteiger partial charge is 0.490 e. The van der Waals surface area contributed by atoms with Crippen molar-refractivity contribution in [2.75, 3.05) is 0 Å². The molecule has 0 saturated carbocycles. The molecule has 22 heavy (non-hydrogen) atoms. The van der Waals surface area contributed by atoms with E-state index >= 15 is 0 Å². The Morgan fingerprint density at radius 1 is 1.36 bits per heavy atom. The van der Waals surface area contributed by atoms with Gasteiger partial charge in [0, 0.05) is 5.38 Å². The number of aromatic nitrogens is 1.